The highest BCUT2D eigenvalue weighted by Gasteiger charge is 2.43. The third-order valence-corrected chi connectivity index (χ3v) is 4.09. The highest BCUT2D eigenvalue weighted by Crippen LogP contribution is 2.38. The van der Waals surface area contributed by atoms with Crippen LogP contribution in [0.15, 0.2) is 0 Å². The Labute approximate surface area is 83.3 Å². The predicted octanol–water partition coefficient (Wildman–Crippen LogP) is 0.972. The molecule has 2 unspecified atom stereocenters. The van der Waals surface area contributed by atoms with E-state index in [1.165, 1.54) is 0 Å². The van der Waals surface area contributed by atoms with Gasteiger partial charge in [-0.3, -0.25) is 0 Å². The Morgan fingerprint density at radius 1 is 1.38 bits per heavy atom. The molecule has 0 bridgehead atoms. The highest BCUT2D eigenvalue weighted by atomic mass is 32.2. The van der Waals surface area contributed by atoms with Gasteiger partial charge in [0.05, 0.1) is 13.2 Å². The zero-order chi connectivity index (χ0) is 9.31. The van der Waals surface area contributed by atoms with Crippen LogP contribution in [0.4, 0.5) is 0 Å². The SMILES string of the molecule is CSC1CC2(CCC1N)OCCO2. The van der Waals surface area contributed by atoms with E-state index in [1.54, 1.807) is 0 Å². The second-order valence-corrected chi connectivity index (χ2v) is 4.87. The normalized spacial score (nSPS) is 38.3. The minimum Gasteiger partial charge on any atom is -0.347 e. The number of thioether (sulfide) groups is 1. The first-order valence-electron chi connectivity index (χ1n) is 4.82. The lowest BCUT2D eigenvalue weighted by molar-refractivity contribution is -0.176. The van der Waals surface area contributed by atoms with E-state index in [0.29, 0.717) is 11.3 Å². The Bertz CT molecular complexity index is 182. The highest BCUT2D eigenvalue weighted by molar-refractivity contribution is 7.99. The van der Waals surface area contributed by atoms with E-state index in [2.05, 4.69) is 6.26 Å². The molecule has 2 N–H and O–H groups in total. The van der Waals surface area contributed by atoms with Gasteiger partial charge in [-0.1, -0.05) is 0 Å². The molecule has 3 nitrogen and oxygen atoms in total. The molecule has 2 atom stereocenters. The van der Waals surface area contributed by atoms with Gasteiger partial charge in [-0.25, -0.2) is 0 Å². The standard InChI is InChI=1S/C9H17NO2S/c1-13-8-6-9(3-2-7(8)10)11-4-5-12-9/h7-8H,2-6,10H2,1H3. The van der Waals surface area contributed by atoms with Gasteiger partial charge in [0, 0.05) is 24.1 Å². The molecule has 0 aromatic carbocycles. The lowest BCUT2D eigenvalue weighted by Crippen LogP contribution is -2.47. The smallest absolute Gasteiger partial charge is 0.169 e. The number of rotatable bonds is 1. The summed E-state index contributed by atoms with van der Waals surface area (Å²) < 4.78 is 11.3. The van der Waals surface area contributed by atoms with Crippen LogP contribution < -0.4 is 5.73 Å². The Hall–Kier alpha value is 0.230. The fourth-order valence-electron chi connectivity index (χ4n) is 2.15. The molecule has 1 aliphatic heterocycles. The van der Waals surface area contributed by atoms with Crippen molar-refractivity contribution in [1.29, 1.82) is 0 Å². The molecular formula is C9H17NO2S. The van der Waals surface area contributed by atoms with E-state index < -0.39 is 0 Å². The van der Waals surface area contributed by atoms with Crippen molar-refractivity contribution in [3.8, 4) is 0 Å². The molecule has 0 aromatic rings. The number of ether oxygens (including phenoxy) is 2. The molecule has 76 valence electrons. The number of hydrogen-bond acceptors (Lipinski definition) is 4. The molecule has 1 aliphatic carbocycles. The Balaban J connectivity index is 2.01. The quantitative estimate of drug-likeness (QED) is 0.690. The minimum atomic E-state index is -0.274. The van der Waals surface area contributed by atoms with Crippen LogP contribution in [0.1, 0.15) is 19.3 Å². The Morgan fingerprint density at radius 3 is 2.69 bits per heavy atom. The summed E-state index contributed by atoms with van der Waals surface area (Å²) in [4.78, 5) is 0. The summed E-state index contributed by atoms with van der Waals surface area (Å²) in [5.74, 6) is -0.274. The maximum Gasteiger partial charge on any atom is 0.169 e. The third kappa shape index (κ3) is 1.86. The molecule has 1 heterocycles. The van der Waals surface area contributed by atoms with Gasteiger partial charge >= 0.3 is 0 Å². The summed E-state index contributed by atoms with van der Waals surface area (Å²) in [5.41, 5.74) is 6.01. The predicted molar refractivity (Wildman–Crippen MR) is 53.8 cm³/mol. The monoisotopic (exact) mass is 203 g/mol. The van der Waals surface area contributed by atoms with Crippen molar-refractivity contribution >= 4 is 11.8 Å². The molecule has 1 saturated carbocycles. The van der Waals surface area contributed by atoms with Gasteiger partial charge in [0.25, 0.3) is 0 Å². The second kappa shape index (κ2) is 3.77. The number of nitrogens with two attached hydrogens (primary N) is 1. The summed E-state index contributed by atoms with van der Waals surface area (Å²) in [6, 6.07) is 0.313. The first-order chi connectivity index (χ1) is 6.26. The maximum absolute atomic E-state index is 6.01. The molecule has 2 rings (SSSR count). The molecule has 1 spiro atoms. The van der Waals surface area contributed by atoms with Gasteiger partial charge in [-0.2, -0.15) is 11.8 Å². The van der Waals surface area contributed by atoms with Gasteiger partial charge in [0.1, 0.15) is 0 Å². The second-order valence-electron chi connectivity index (χ2n) is 3.79. The molecule has 2 fully saturated rings. The van der Waals surface area contributed by atoms with Crippen LogP contribution in [0.3, 0.4) is 0 Å². The fourth-order valence-corrected chi connectivity index (χ4v) is 3.06. The molecule has 0 aromatic heterocycles. The number of hydrogen-bond donors (Lipinski definition) is 1. The van der Waals surface area contributed by atoms with Crippen molar-refractivity contribution in [3.05, 3.63) is 0 Å². The van der Waals surface area contributed by atoms with Crippen molar-refractivity contribution in [2.75, 3.05) is 19.5 Å². The molecule has 13 heavy (non-hydrogen) atoms. The summed E-state index contributed by atoms with van der Waals surface area (Å²) >= 11 is 1.83. The van der Waals surface area contributed by atoms with E-state index >= 15 is 0 Å². The average Bonchev–Trinajstić information content (AvgIpc) is 2.59. The van der Waals surface area contributed by atoms with E-state index in [4.69, 9.17) is 15.2 Å². The summed E-state index contributed by atoms with van der Waals surface area (Å²) in [6.45, 7) is 1.49. The van der Waals surface area contributed by atoms with Crippen molar-refractivity contribution in [2.24, 2.45) is 5.73 Å². The van der Waals surface area contributed by atoms with E-state index in [0.717, 1.165) is 32.5 Å². The van der Waals surface area contributed by atoms with Gasteiger partial charge in [0.15, 0.2) is 5.79 Å². The summed E-state index contributed by atoms with van der Waals surface area (Å²) in [6.07, 6.45) is 5.05. The van der Waals surface area contributed by atoms with E-state index in [-0.39, 0.29) is 5.79 Å². The lowest BCUT2D eigenvalue weighted by atomic mass is 9.90. The topological polar surface area (TPSA) is 44.5 Å². The lowest BCUT2D eigenvalue weighted by Gasteiger charge is -2.38. The Kier molecular flexibility index (Phi) is 2.83. The summed E-state index contributed by atoms with van der Waals surface area (Å²) in [5, 5.41) is 0.492. The molecule has 2 aliphatic rings. The first kappa shape index (κ1) is 9.77. The van der Waals surface area contributed by atoms with Crippen molar-refractivity contribution in [2.45, 2.75) is 36.3 Å². The van der Waals surface area contributed by atoms with E-state index in [9.17, 15) is 0 Å². The van der Waals surface area contributed by atoms with Crippen LogP contribution >= 0.6 is 11.8 Å². The zero-order valence-electron chi connectivity index (χ0n) is 7.99. The fraction of sp³-hybridized carbons (Fsp3) is 1.00. The first-order valence-corrected chi connectivity index (χ1v) is 6.11. The minimum absolute atomic E-state index is 0.274. The molecule has 1 saturated heterocycles. The van der Waals surface area contributed by atoms with Gasteiger partial charge in [0.2, 0.25) is 0 Å². The van der Waals surface area contributed by atoms with Crippen LogP contribution in [0, 0.1) is 0 Å². The van der Waals surface area contributed by atoms with Crippen molar-refractivity contribution in [3.63, 3.8) is 0 Å². The molecule has 0 radical (unpaired) electrons. The van der Waals surface area contributed by atoms with Crippen molar-refractivity contribution < 1.29 is 9.47 Å². The van der Waals surface area contributed by atoms with E-state index in [1.807, 2.05) is 11.8 Å². The van der Waals surface area contributed by atoms with Crippen LogP contribution in [-0.4, -0.2) is 36.5 Å². The van der Waals surface area contributed by atoms with Crippen LogP contribution in [-0.2, 0) is 9.47 Å². The zero-order valence-corrected chi connectivity index (χ0v) is 8.81. The third-order valence-electron chi connectivity index (χ3n) is 2.96. The Morgan fingerprint density at radius 2 is 2.08 bits per heavy atom. The van der Waals surface area contributed by atoms with Gasteiger partial charge in [-0.15, -0.1) is 0 Å². The molecular weight excluding hydrogens is 186 g/mol. The largest absolute Gasteiger partial charge is 0.347 e. The van der Waals surface area contributed by atoms with Gasteiger partial charge in [-0.05, 0) is 12.7 Å². The molecule has 4 heteroatoms. The maximum atomic E-state index is 6.01. The van der Waals surface area contributed by atoms with Crippen LogP contribution in [0.25, 0.3) is 0 Å². The molecule has 0 amide bonds. The average molecular weight is 203 g/mol. The summed E-state index contributed by atoms with van der Waals surface area (Å²) in [7, 11) is 0. The van der Waals surface area contributed by atoms with Gasteiger partial charge < -0.3 is 15.2 Å². The van der Waals surface area contributed by atoms with Crippen molar-refractivity contribution in [1.82, 2.24) is 0 Å². The van der Waals surface area contributed by atoms with Crippen LogP contribution in [0.2, 0.25) is 0 Å². The van der Waals surface area contributed by atoms with Crippen LogP contribution in [0.5, 0.6) is 0 Å².